The number of thioether (sulfide) groups is 1. The highest BCUT2D eigenvalue weighted by Gasteiger charge is 2.04. The molecule has 1 aromatic carbocycles. The van der Waals surface area contributed by atoms with E-state index >= 15 is 0 Å². The van der Waals surface area contributed by atoms with E-state index in [0.717, 1.165) is 4.90 Å². The largest absolute Gasteiger partial charge is 0.489 e. The number of ether oxygens (including phenoxy) is 1. The number of rotatable bonds is 5. The highest BCUT2D eigenvalue weighted by atomic mass is 32.2. The van der Waals surface area contributed by atoms with Crippen LogP contribution in [0.25, 0.3) is 0 Å². The van der Waals surface area contributed by atoms with Crippen LogP contribution in [0, 0.1) is 0 Å². The third-order valence-corrected chi connectivity index (χ3v) is 2.68. The first kappa shape index (κ1) is 12.2. The van der Waals surface area contributed by atoms with Crippen molar-refractivity contribution in [3.63, 3.8) is 0 Å². The molecule has 0 bridgehead atoms. The minimum atomic E-state index is 0.116. The van der Waals surface area contributed by atoms with Gasteiger partial charge in [-0.15, -0.1) is 11.8 Å². The van der Waals surface area contributed by atoms with Gasteiger partial charge in [-0.1, -0.05) is 0 Å². The van der Waals surface area contributed by atoms with Crippen LogP contribution < -0.4 is 10.5 Å². The van der Waals surface area contributed by atoms with Gasteiger partial charge in [-0.25, -0.2) is 0 Å². The Bertz CT molecular complexity index is 315. The van der Waals surface area contributed by atoms with Gasteiger partial charge < -0.3 is 15.6 Å². The second kappa shape index (κ2) is 5.88. The van der Waals surface area contributed by atoms with E-state index in [1.807, 2.05) is 32.0 Å². The number of nitrogen functional groups attached to an aromatic ring is 1. The second-order valence-electron chi connectivity index (χ2n) is 3.44. The molecule has 0 unspecified atom stereocenters. The maximum Gasteiger partial charge on any atom is 0.143 e. The number of anilines is 1. The lowest BCUT2D eigenvalue weighted by atomic mass is 10.3. The van der Waals surface area contributed by atoms with Crippen molar-refractivity contribution in [1.29, 1.82) is 0 Å². The van der Waals surface area contributed by atoms with Crippen molar-refractivity contribution >= 4 is 17.4 Å². The molecular weight excluding hydrogens is 210 g/mol. The van der Waals surface area contributed by atoms with Crippen molar-refractivity contribution in [3.05, 3.63) is 18.2 Å². The van der Waals surface area contributed by atoms with Gasteiger partial charge in [-0.3, -0.25) is 0 Å². The van der Waals surface area contributed by atoms with E-state index in [1.165, 1.54) is 0 Å². The highest BCUT2D eigenvalue weighted by molar-refractivity contribution is 7.99. The summed E-state index contributed by atoms with van der Waals surface area (Å²) in [6.45, 7) is 4.11. The van der Waals surface area contributed by atoms with E-state index in [4.69, 9.17) is 15.6 Å². The van der Waals surface area contributed by atoms with Gasteiger partial charge in [0, 0.05) is 10.6 Å². The molecule has 4 heteroatoms. The van der Waals surface area contributed by atoms with Gasteiger partial charge in [-0.05, 0) is 32.0 Å². The van der Waals surface area contributed by atoms with Crippen molar-refractivity contribution < 1.29 is 9.84 Å². The van der Waals surface area contributed by atoms with Crippen LogP contribution in [0.4, 0.5) is 5.69 Å². The molecule has 0 radical (unpaired) electrons. The van der Waals surface area contributed by atoms with Gasteiger partial charge in [0.1, 0.15) is 5.75 Å². The fraction of sp³-hybridized carbons (Fsp3) is 0.455. The summed E-state index contributed by atoms with van der Waals surface area (Å²) >= 11 is 1.58. The van der Waals surface area contributed by atoms with Gasteiger partial charge in [-0.2, -0.15) is 0 Å². The van der Waals surface area contributed by atoms with Crippen LogP contribution in [0.1, 0.15) is 13.8 Å². The van der Waals surface area contributed by atoms with Crippen LogP contribution in [0.15, 0.2) is 23.1 Å². The summed E-state index contributed by atoms with van der Waals surface area (Å²) in [5, 5.41) is 8.72. The Hall–Kier alpha value is -0.870. The Balaban J connectivity index is 2.75. The quantitative estimate of drug-likeness (QED) is 0.597. The molecule has 3 N–H and O–H groups in total. The number of aliphatic hydroxyl groups is 1. The van der Waals surface area contributed by atoms with Crippen molar-refractivity contribution in [2.45, 2.75) is 24.8 Å². The average Bonchev–Trinajstić information content (AvgIpc) is 2.18. The van der Waals surface area contributed by atoms with Crippen LogP contribution in [0.2, 0.25) is 0 Å². The van der Waals surface area contributed by atoms with Crippen LogP contribution in [0.3, 0.4) is 0 Å². The molecule has 0 fully saturated rings. The van der Waals surface area contributed by atoms with E-state index in [9.17, 15) is 0 Å². The maximum atomic E-state index is 8.72. The third-order valence-electron chi connectivity index (χ3n) is 1.71. The van der Waals surface area contributed by atoms with E-state index in [0.29, 0.717) is 17.2 Å². The van der Waals surface area contributed by atoms with E-state index in [2.05, 4.69) is 0 Å². The molecule has 0 saturated heterocycles. The van der Waals surface area contributed by atoms with Crippen LogP contribution in [0.5, 0.6) is 5.75 Å². The van der Waals surface area contributed by atoms with Crippen LogP contribution >= 0.6 is 11.8 Å². The van der Waals surface area contributed by atoms with Gasteiger partial charge in [0.15, 0.2) is 0 Å². The van der Waals surface area contributed by atoms with Gasteiger partial charge in [0.25, 0.3) is 0 Å². The zero-order valence-electron chi connectivity index (χ0n) is 9.06. The zero-order chi connectivity index (χ0) is 11.3. The minimum Gasteiger partial charge on any atom is -0.489 e. The number of hydrogen-bond acceptors (Lipinski definition) is 4. The van der Waals surface area contributed by atoms with Crippen LogP contribution in [-0.4, -0.2) is 23.6 Å². The number of hydrogen-bond donors (Lipinski definition) is 2. The van der Waals surface area contributed by atoms with Crippen molar-refractivity contribution in [2.75, 3.05) is 18.1 Å². The summed E-state index contributed by atoms with van der Waals surface area (Å²) < 4.78 is 5.56. The molecule has 84 valence electrons. The molecule has 0 aliphatic heterocycles. The highest BCUT2D eigenvalue weighted by Crippen LogP contribution is 2.28. The summed E-state index contributed by atoms with van der Waals surface area (Å²) in [6.07, 6.45) is 0.116. The SMILES string of the molecule is CC(C)Oc1cc(SCCO)ccc1N. The van der Waals surface area contributed by atoms with E-state index in [1.54, 1.807) is 11.8 Å². The Labute approximate surface area is 94.6 Å². The first-order chi connectivity index (χ1) is 7.13. The molecular formula is C11H17NO2S. The lowest BCUT2D eigenvalue weighted by molar-refractivity contribution is 0.243. The van der Waals surface area contributed by atoms with Gasteiger partial charge in [0.05, 0.1) is 18.4 Å². The Morgan fingerprint density at radius 2 is 2.20 bits per heavy atom. The summed E-state index contributed by atoms with van der Waals surface area (Å²) in [7, 11) is 0. The molecule has 0 atom stereocenters. The third kappa shape index (κ3) is 4.01. The molecule has 0 amide bonds. The normalized spacial score (nSPS) is 10.7. The molecule has 1 aromatic rings. The number of benzene rings is 1. The zero-order valence-corrected chi connectivity index (χ0v) is 9.88. The summed E-state index contributed by atoms with van der Waals surface area (Å²) in [5.41, 5.74) is 6.43. The van der Waals surface area contributed by atoms with Gasteiger partial charge >= 0.3 is 0 Å². The molecule has 0 saturated carbocycles. The van der Waals surface area contributed by atoms with Crippen molar-refractivity contribution in [2.24, 2.45) is 0 Å². The van der Waals surface area contributed by atoms with E-state index in [-0.39, 0.29) is 12.7 Å². The predicted molar refractivity (Wildman–Crippen MR) is 64.4 cm³/mol. The topological polar surface area (TPSA) is 55.5 Å². The minimum absolute atomic E-state index is 0.116. The summed E-state index contributed by atoms with van der Waals surface area (Å²) in [4.78, 5) is 1.06. The molecule has 0 spiro atoms. The Kier molecular flexibility index (Phi) is 4.78. The lowest BCUT2D eigenvalue weighted by Gasteiger charge is -2.13. The summed E-state index contributed by atoms with van der Waals surface area (Å²) in [5.74, 6) is 1.40. The first-order valence-electron chi connectivity index (χ1n) is 4.93. The summed E-state index contributed by atoms with van der Waals surface area (Å²) in [6, 6.07) is 5.68. The molecule has 0 aliphatic rings. The molecule has 3 nitrogen and oxygen atoms in total. The first-order valence-corrected chi connectivity index (χ1v) is 5.92. The predicted octanol–water partition coefficient (Wildman–Crippen LogP) is 2.14. The van der Waals surface area contributed by atoms with Gasteiger partial charge in [0.2, 0.25) is 0 Å². The number of nitrogens with two attached hydrogens (primary N) is 1. The second-order valence-corrected chi connectivity index (χ2v) is 4.61. The number of aliphatic hydroxyl groups excluding tert-OH is 1. The monoisotopic (exact) mass is 227 g/mol. The molecule has 0 aliphatic carbocycles. The van der Waals surface area contributed by atoms with Crippen molar-refractivity contribution in [3.8, 4) is 5.75 Å². The Morgan fingerprint density at radius 1 is 1.47 bits per heavy atom. The molecule has 0 heterocycles. The Morgan fingerprint density at radius 3 is 2.80 bits per heavy atom. The van der Waals surface area contributed by atoms with Crippen LogP contribution in [-0.2, 0) is 0 Å². The van der Waals surface area contributed by atoms with E-state index < -0.39 is 0 Å². The average molecular weight is 227 g/mol. The maximum absolute atomic E-state index is 8.72. The molecule has 1 rings (SSSR count). The standard InChI is InChI=1S/C11H17NO2S/c1-8(2)14-11-7-9(15-6-5-13)3-4-10(11)12/h3-4,7-8,13H,5-6,12H2,1-2H3. The smallest absolute Gasteiger partial charge is 0.143 e. The molecule has 15 heavy (non-hydrogen) atoms. The fourth-order valence-corrected chi connectivity index (χ4v) is 1.81. The molecule has 0 aromatic heterocycles. The lowest BCUT2D eigenvalue weighted by Crippen LogP contribution is -2.07. The fourth-order valence-electron chi connectivity index (χ4n) is 1.12. The van der Waals surface area contributed by atoms with Crippen molar-refractivity contribution in [1.82, 2.24) is 0 Å².